The zero-order valence-corrected chi connectivity index (χ0v) is 12.8. The second-order valence-corrected chi connectivity index (χ2v) is 7.12. The first-order valence-electron chi connectivity index (χ1n) is 7.62. The van der Waals surface area contributed by atoms with Gasteiger partial charge in [0, 0.05) is 15.6 Å². The van der Waals surface area contributed by atoms with Crippen LogP contribution in [0.4, 0.5) is 0 Å². The summed E-state index contributed by atoms with van der Waals surface area (Å²) in [6.07, 6.45) is 4.30. The minimum atomic E-state index is -0.0739. The average Bonchev–Trinajstić information content (AvgIpc) is 2.89. The first kappa shape index (κ1) is 14.1. The summed E-state index contributed by atoms with van der Waals surface area (Å²) >= 11 is 1.88. The first-order chi connectivity index (χ1) is 9.72. The lowest BCUT2D eigenvalue weighted by Gasteiger charge is -2.27. The molecule has 1 aliphatic rings. The fourth-order valence-corrected chi connectivity index (χ4v) is 4.20. The Balaban J connectivity index is 1.59. The Labute approximate surface area is 124 Å². The smallest absolute Gasteiger partial charge is 0.0543 e. The van der Waals surface area contributed by atoms with Gasteiger partial charge in [-0.05, 0) is 56.2 Å². The molecule has 2 N–H and O–H groups in total. The topological polar surface area (TPSA) is 32.3 Å². The fraction of sp³-hybridized carbons (Fsp3) is 0.529. The molecule has 0 bridgehead atoms. The number of fused-ring (bicyclic) bond motifs is 1. The van der Waals surface area contributed by atoms with Gasteiger partial charge in [0.1, 0.15) is 0 Å². The Morgan fingerprint density at radius 3 is 3.00 bits per heavy atom. The maximum atomic E-state index is 9.73. The minimum Gasteiger partial charge on any atom is -0.393 e. The number of hydrogen-bond acceptors (Lipinski definition) is 3. The molecule has 1 aromatic carbocycles. The highest BCUT2D eigenvalue weighted by Crippen LogP contribution is 2.30. The van der Waals surface area contributed by atoms with E-state index in [1.54, 1.807) is 0 Å². The Bertz CT molecular complexity index is 532. The van der Waals surface area contributed by atoms with Crippen molar-refractivity contribution in [3.63, 3.8) is 0 Å². The summed E-state index contributed by atoms with van der Waals surface area (Å²) in [5.41, 5.74) is 0. The average molecular weight is 289 g/mol. The number of rotatable bonds is 4. The van der Waals surface area contributed by atoms with Crippen molar-refractivity contribution in [1.29, 1.82) is 0 Å². The van der Waals surface area contributed by atoms with Crippen molar-refractivity contribution in [3.05, 3.63) is 35.2 Å². The molecule has 3 heteroatoms. The third kappa shape index (κ3) is 3.22. The Kier molecular flexibility index (Phi) is 4.39. The van der Waals surface area contributed by atoms with Gasteiger partial charge in [-0.3, -0.25) is 0 Å². The highest BCUT2D eigenvalue weighted by molar-refractivity contribution is 7.19. The van der Waals surface area contributed by atoms with Crippen molar-refractivity contribution >= 4 is 21.4 Å². The maximum absolute atomic E-state index is 9.73. The van der Waals surface area contributed by atoms with Crippen molar-refractivity contribution in [2.75, 3.05) is 6.54 Å². The molecule has 0 radical (unpaired) electrons. The molecular formula is C17H23NOS. The van der Waals surface area contributed by atoms with Crippen LogP contribution in [0.2, 0.25) is 0 Å². The molecule has 20 heavy (non-hydrogen) atoms. The maximum Gasteiger partial charge on any atom is 0.0543 e. The molecule has 3 atom stereocenters. The normalized spacial score (nSPS) is 24.9. The molecule has 0 amide bonds. The van der Waals surface area contributed by atoms with Crippen LogP contribution in [0.3, 0.4) is 0 Å². The Morgan fingerprint density at radius 2 is 2.20 bits per heavy atom. The van der Waals surface area contributed by atoms with Gasteiger partial charge >= 0.3 is 0 Å². The summed E-state index contributed by atoms with van der Waals surface area (Å²) in [7, 11) is 0. The van der Waals surface area contributed by atoms with Gasteiger partial charge in [-0.1, -0.05) is 24.6 Å². The van der Waals surface area contributed by atoms with Gasteiger partial charge in [-0.15, -0.1) is 11.3 Å². The predicted molar refractivity (Wildman–Crippen MR) is 86.2 cm³/mol. The summed E-state index contributed by atoms with van der Waals surface area (Å²) in [6, 6.07) is 11.3. The number of thiophene rings is 1. The molecule has 1 fully saturated rings. The van der Waals surface area contributed by atoms with Crippen molar-refractivity contribution in [2.45, 2.75) is 44.8 Å². The zero-order chi connectivity index (χ0) is 13.9. The molecule has 2 nitrogen and oxygen atoms in total. The highest BCUT2D eigenvalue weighted by atomic mass is 32.1. The van der Waals surface area contributed by atoms with E-state index in [4.69, 9.17) is 0 Å². The van der Waals surface area contributed by atoms with Crippen LogP contribution >= 0.6 is 11.3 Å². The van der Waals surface area contributed by atoms with Gasteiger partial charge in [0.25, 0.3) is 0 Å². The largest absolute Gasteiger partial charge is 0.393 e. The van der Waals surface area contributed by atoms with Crippen molar-refractivity contribution in [3.8, 4) is 0 Å². The van der Waals surface area contributed by atoms with E-state index in [1.807, 2.05) is 11.3 Å². The molecule has 1 heterocycles. The van der Waals surface area contributed by atoms with Gasteiger partial charge < -0.3 is 10.4 Å². The summed E-state index contributed by atoms with van der Waals surface area (Å²) in [5.74, 6) is 0.635. The van der Waals surface area contributed by atoms with E-state index in [1.165, 1.54) is 27.8 Å². The standard InChI is InChI=1S/C17H23NOS/c1-12(18-11-13-5-4-7-15(19)9-13)17-10-14-6-2-3-8-16(14)20-17/h2-3,6,8,10,12-13,15,18-19H,4-5,7,9,11H2,1H3. The van der Waals surface area contributed by atoms with Crippen LogP contribution in [0.5, 0.6) is 0 Å². The van der Waals surface area contributed by atoms with E-state index in [2.05, 4.69) is 42.6 Å². The lowest BCUT2D eigenvalue weighted by molar-refractivity contribution is 0.0998. The summed E-state index contributed by atoms with van der Waals surface area (Å²) in [6.45, 7) is 3.26. The van der Waals surface area contributed by atoms with Crippen LogP contribution < -0.4 is 5.32 Å². The third-order valence-corrected chi connectivity index (χ3v) is 5.64. The third-order valence-electron chi connectivity index (χ3n) is 4.34. The van der Waals surface area contributed by atoms with E-state index >= 15 is 0 Å². The highest BCUT2D eigenvalue weighted by Gasteiger charge is 2.20. The van der Waals surface area contributed by atoms with Crippen molar-refractivity contribution in [2.24, 2.45) is 5.92 Å². The first-order valence-corrected chi connectivity index (χ1v) is 8.44. The zero-order valence-electron chi connectivity index (χ0n) is 12.0. The van der Waals surface area contributed by atoms with Crippen LogP contribution in [-0.2, 0) is 0 Å². The van der Waals surface area contributed by atoms with Crippen molar-refractivity contribution in [1.82, 2.24) is 5.32 Å². The number of nitrogens with one attached hydrogen (secondary N) is 1. The molecule has 108 valence electrons. The number of hydrogen-bond donors (Lipinski definition) is 2. The molecule has 1 aromatic heterocycles. The lowest BCUT2D eigenvalue weighted by Crippen LogP contribution is -2.30. The molecule has 1 aliphatic carbocycles. The van der Waals surface area contributed by atoms with Crippen LogP contribution in [0.25, 0.3) is 10.1 Å². The number of aliphatic hydroxyl groups is 1. The molecule has 0 aliphatic heterocycles. The molecule has 0 saturated heterocycles. The van der Waals surface area contributed by atoms with E-state index in [0.717, 1.165) is 19.4 Å². The molecule has 1 saturated carbocycles. The molecule has 0 spiro atoms. The van der Waals surface area contributed by atoms with E-state index in [9.17, 15) is 5.11 Å². The quantitative estimate of drug-likeness (QED) is 0.888. The van der Waals surface area contributed by atoms with Gasteiger partial charge in [-0.25, -0.2) is 0 Å². The SMILES string of the molecule is CC(NCC1CCCC(O)C1)c1cc2ccccc2s1. The van der Waals surface area contributed by atoms with Crippen LogP contribution in [-0.4, -0.2) is 17.8 Å². The molecule has 3 rings (SSSR count). The second-order valence-electron chi connectivity index (χ2n) is 6.00. The lowest BCUT2D eigenvalue weighted by atomic mass is 9.87. The second kappa shape index (κ2) is 6.25. The van der Waals surface area contributed by atoms with Crippen molar-refractivity contribution < 1.29 is 5.11 Å². The van der Waals surface area contributed by atoms with E-state index in [-0.39, 0.29) is 6.10 Å². The van der Waals surface area contributed by atoms with E-state index in [0.29, 0.717) is 12.0 Å². The monoisotopic (exact) mass is 289 g/mol. The molecular weight excluding hydrogens is 266 g/mol. The minimum absolute atomic E-state index is 0.0739. The number of benzene rings is 1. The fourth-order valence-electron chi connectivity index (χ4n) is 3.11. The van der Waals surface area contributed by atoms with Crippen LogP contribution in [0.1, 0.15) is 43.5 Å². The van der Waals surface area contributed by atoms with Crippen LogP contribution in [0, 0.1) is 5.92 Å². The van der Waals surface area contributed by atoms with Gasteiger partial charge in [0.05, 0.1) is 6.10 Å². The van der Waals surface area contributed by atoms with Gasteiger partial charge in [0.15, 0.2) is 0 Å². The summed E-state index contributed by atoms with van der Waals surface area (Å²) in [5, 5.41) is 14.7. The summed E-state index contributed by atoms with van der Waals surface area (Å²) in [4.78, 5) is 1.41. The van der Waals surface area contributed by atoms with Gasteiger partial charge in [-0.2, -0.15) is 0 Å². The molecule has 3 unspecified atom stereocenters. The van der Waals surface area contributed by atoms with Gasteiger partial charge in [0.2, 0.25) is 0 Å². The Morgan fingerprint density at radius 1 is 1.35 bits per heavy atom. The predicted octanol–water partition coefficient (Wildman–Crippen LogP) is 4.10. The molecule has 2 aromatic rings. The summed E-state index contributed by atoms with van der Waals surface area (Å²) < 4.78 is 1.37. The Hall–Kier alpha value is -0.900. The number of aliphatic hydroxyl groups excluding tert-OH is 1. The van der Waals surface area contributed by atoms with E-state index < -0.39 is 0 Å². The van der Waals surface area contributed by atoms with Crippen LogP contribution in [0.15, 0.2) is 30.3 Å².